The van der Waals surface area contributed by atoms with Crippen molar-refractivity contribution in [2.45, 2.75) is 32.2 Å². The molecule has 0 aromatic carbocycles. The Morgan fingerprint density at radius 1 is 1.47 bits per heavy atom. The summed E-state index contributed by atoms with van der Waals surface area (Å²) in [7, 11) is 0. The first-order valence-corrected chi connectivity index (χ1v) is 5.68. The van der Waals surface area contributed by atoms with Crippen LogP contribution in [0.4, 0.5) is 0 Å². The molecule has 4 heteroatoms. The zero-order valence-corrected chi connectivity index (χ0v) is 9.24. The van der Waals surface area contributed by atoms with E-state index in [0.29, 0.717) is 24.8 Å². The number of piperazine rings is 1. The Kier molecular flexibility index (Phi) is 3.05. The van der Waals surface area contributed by atoms with Gasteiger partial charge in [-0.15, -0.1) is 0 Å². The molecular weight excluding hydrogens is 192 g/mol. The molecule has 2 heterocycles. The van der Waals surface area contributed by atoms with Crippen molar-refractivity contribution in [2.75, 3.05) is 26.2 Å². The van der Waals surface area contributed by atoms with E-state index in [2.05, 4.69) is 4.90 Å². The number of carbonyl (C=O) groups is 2. The van der Waals surface area contributed by atoms with Gasteiger partial charge in [-0.3, -0.25) is 14.5 Å². The summed E-state index contributed by atoms with van der Waals surface area (Å²) >= 11 is 0. The van der Waals surface area contributed by atoms with Crippen LogP contribution in [0.5, 0.6) is 0 Å². The van der Waals surface area contributed by atoms with E-state index >= 15 is 0 Å². The zero-order chi connectivity index (χ0) is 10.8. The molecule has 2 aliphatic heterocycles. The van der Waals surface area contributed by atoms with E-state index in [1.54, 1.807) is 6.92 Å². The number of amides is 1. The van der Waals surface area contributed by atoms with E-state index in [0.717, 1.165) is 32.6 Å². The Morgan fingerprint density at radius 3 is 3.00 bits per heavy atom. The van der Waals surface area contributed by atoms with Crippen LogP contribution in [-0.2, 0) is 9.59 Å². The maximum Gasteiger partial charge on any atom is 0.222 e. The second kappa shape index (κ2) is 4.31. The number of carbonyl (C=O) groups excluding carboxylic acids is 2. The summed E-state index contributed by atoms with van der Waals surface area (Å²) < 4.78 is 0. The van der Waals surface area contributed by atoms with Crippen molar-refractivity contribution in [3.63, 3.8) is 0 Å². The Bertz CT molecular complexity index is 278. The molecule has 15 heavy (non-hydrogen) atoms. The Balaban J connectivity index is 1.83. The third kappa shape index (κ3) is 2.37. The fraction of sp³-hybridized carbons (Fsp3) is 0.818. The van der Waals surface area contributed by atoms with Gasteiger partial charge in [-0.2, -0.15) is 0 Å². The van der Waals surface area contributed by atoms with Crippen molar-refractivity contribution in [1.29, 1.82) is 0 Å². The van der Waals surface area contributed by atoms with E-state index < -0.39 is 0 Å². The van der Waals surface area contributed by atoms with E-state index in [-0.39, 0.29) is 5.78 Å². The van der Waals surface area contributed by atoms with Gasteiger partial charge in [0.25, 0.3) is 0 Å². The normalized spacial score (nSPS) is 26.9. The third-order valence-corrected chi connectivity index (χ3v) is 3.36. The van der Waals surface area contributed by atoms with Gasteiger partial charge in [0, 0.05) is 45.1 Å². The number of hydrogen-bond acceptors (Lipinski definition) is 3. The standard InChI is InChI=1S/C11H18N2O2/c1-9(14)4-5-12-6-7-13-10(8-12)2-3-11(13)15/h10H,2-8H2,1H3. The molecule has 0 aliphatic carbocycles. The zero-order valence-electron chi connectivity index (χ0n) is 9.24. The van der Waals surface area contributed by atoms with Crippen LogP contribution in [0.2, 0.25) is 0 Å². The van der Waals surface area contributed by atoms with Gasteiger partial charge in [0.15, 0.2) is 0 Å². The fourth-order valence-corrected chi connectivity index (χ4v) is 2.45. The summed E-state index contributed by atoms with van der Waals surface area (Å²) in [6.07, 6.45) is 2.35. The summed E-state index contributed by atoms with van der Waals surface area (Å²) in [5.41, 5.74) is 0. The van der Waals surface area contributed by atoms with Crippen molar-refractivity contribution < 1.29 is 9.59 Å². The number of hydrogen-bond donors (Lipinski definition) is 0. The average molecular weight is 210 g/mol. The molecule has 1 unspecified atom stereocenters. The monoisotopic (exact) mass is 210 g/mol. The van der Waals surface area contributed by atoms with Crippen LogP contribution in [0.15, 0.2) is 0 Å². The second-order valence-electron chi connectivity index (χ2n) is 4.53. The molecule has 1 amide bonds. The predicted molar refractivity (Wildman–Crippen MR) is 56.5 cm³/mol. The van der Waals surface area contributed by atoms with Crippen LogP contribution in [0.25, 0.3) is 0 Å². The van der Waals surface area contributed by atoms with Gasteiger partial charge < -0.3 is 4.90 Å². The van der Waals surface area contributed by atoms with E-state index in [1.165, 1.54) is 0 Å². The van der Waals surface area contributed by atoms with Crippen molar-refractivity contribution >= 4 is 11.7 Å². The van der Waals surface area contributed by atoms with Crippen LogP contribution in [-0.4, -0.2) is 53.7 Å². The smallest absolute Gasteiger partial charge is 0.222 e. The first-order chi connectivity index (χ1) is 7.16. The van der Waals surface area contributed by atoms with Gasteiger partial charge in [0.1, 0.15) is 5.78 Å². The van der Waals surface area contributed by atoms with Crippen molar-refractivity contribution in [1.82, 2.24) is 9.80 Å². The van der Waals surface area contributed by atoms with E-state index in [1.807, 2.05) is 4.90 Å². The highest BCUT2D eigenvalue weighted by atomic mass is 16.2. The number of Topliss-reactive ketones (excluding diaryl/α,β-unsaturated/α-hetero) is 1. The second-order valence-corrected chi connectivity index (χ2v) is 4.53. The average Bonchev–Trinajstić information content (AvgIpc) is 2.57. The third-order valence-electron chi connectivity index (χ3n) is 3.36. The molecule has 4 nitrogen and oxygen atoms in total. The number of ketones is 1. The topological polar surface area (TPSA) is 40.6 Å². The first kappa shape index (κ1) is 10.6. The van der Waals surface area contributed by atoms with E-state index in [9.17, 15) is 9.59 Å². The van der Waals surface area contributed by atoms with Crippen LogP contribution < -0.4 is 0 Å². The minimum atomic E-state index is 0.250. The molecule has 0 aromatic rings. The van der Waals surface area contributed by atoms with E-state index in [4.69, 9.17) is 0 Å². The summed E-state index contributed by atoms with van der Waals surface area (Å²) in [4.78, 5) is 26.6. The molecule has 2 saturated heterocycles. The number of nitrogens with zero attached hydrogens (tertiary/aromatic N) is 2. The summed E-state index contributed by atoms with van der Waals surface area (Å²) in [6, 6.07) is 0.415. The minimum absolute atomic E-state index is 0.250. The van der Waals surface area contributed by atoms with Crippen LogP contribution >= 0.6 is 0 Å². The van der Waals surface area contributed by atoms with Crippen LogP contribution in [0.3, 0.4) is 0 Å². The van der Waals surface area contributed by atoms with Crippen LogP contribution in [0.1, 0.15) is 26.2 Å². The molecule has 84 valence electrons. The fourth-order valence-electron chi connectivity index (χ4n) is 2.45. The van der Waals surface area contributed by atoms with Gasteiger partial charge in [-0.05, 0) is 13.3 Å². The number of fused-ring (bicyclic) bond motifs is 1. The lowest BCUT2D eigenvalue weighted by atomic mass is 10.1. The Labute approximate surface area is 90.2 Å². The molecule has 0 aromatic heterocycles. The van der Waals surface area contributed by atoms with Crippen molar-refractivity contribution in [3.8, 4) is 0 Å². The molecule has 0 radical (unpaired) electrons. The molecule has 0 saturated carbocycles. The molecule has 0 bridgehead atoms. The molecule has 1 atom stereocenters. The molecule has 2 fully saturated rings. The minimum Gasteiger partial charge on any atom is -0.337 e. The largest absolute Gasteiger partial charge is 0.337 e. The lowest BCUT2D eigenvalue weighted by Gasteiger charge is -2.37. The van der Waals surface area contributed by atoms with Crippen LogP contribution in [0, 0.1) is 0 Å². The van der Waals surface area contributed by atoms with Gasteiger partial charge >= 0.3 is 0 Å². The Hall–Kier alpha value is -0.900. The molecule has 2 rings (SSSR count). The molecule has 0 N–H and O–H groups in total. The highest BCUT2D eigenvalue weighted by Crippen LogP contribution is 2.22. The lowest BCUT2D eigenvalue weighted by molar-refractivity contribution is -0.131. The first-order valence-electron chi connectivity index (χ1n) is 5.68. The Morgan fingerprint density at radius 2 is 2.27 bits per heavy atom. The molecule has 0 spiro atoms. The maximum absolute atomic E-state index is 11.4. The summed E-state index contributed by atoms with van der Waals surface area (Å²) in [5, 5.41) is 0. The maximum atomic E-state index is 11.4. The highest BCUT2D eigenvalue weighted by Gasteiger charge is 2.35. The van der Waals surface area contributed by atoms with Gasteiger partial charge in [-0.25, -0.2) is 0 Å². The van der Waals surface area contributed by atoms with Crippen molar-refractivity contribution in [3.05, 3.63) is 0 Å². The summed E-state index contributed by atoms with van der Waals surface area (Å²) in [6.45, 7) is 5.22. The molecular formula is C11H18N2O2. The predicted octanol–water partition coefficient (Wildman–Crippen LogP) is 0.272. The highest BCUT2D eigenvalue weighted by molar-refractivity contribution is 5.79. The van der Waals surface area contributed by atoms with Gasteiger partial charge in [-0.1, -0.05) is 0 Å². The SMILES string of the molecule is CC(=O)CCN1CCN2C(=O)CCC2C1. The molecule has 2 aliphatic rings. The number of rotatable bonds is 3. The van der Waals surface area contributed by atoms with Crippen molar-refractivity contribution in [2.24, 2.45) is 0 Å². The summed E-state index contributed by atoms with van der Waals surface area (Å²) in [5.74, 6) is 0.561. The van der Waals surface area contributed by atoms with Gasteiger partial charge in [0.2, 0.25) is 5.91 Å². The van der Waals surface area contributed by atoms with Gasteiger partial charge in [0.05, 0.1) is 0 Å². The lowest BCUT2D eigenvalue weighted by Crippen LogP contribution is -2.51. The quantitative estimate of drug-likeness (QED) is 0.671.